The summed E-state index contributed by atoms with van der Waals surface area (Å²) in [5.74, 6) is 0.300. The molecule has 0 saturated heterocycles. The number of rotatable bonds is 0. The third kappa shape index (κ3) is 1.35. The molecule has 0 amide bonds. The summed E-state index contributed by atoms with van der Waals surface area (Å²) in [5, 5.41) is 9.31. The lowest BCUT2D eigenvalue weighted by atomic mass is 10.2. The first-order valence-corrected chi connectivity index (χ1v) is 4.35. The van der Waals surface area contributed by atoms with Crippen molar-refractivity contribution in [2.24, 2.45) is 0 Å². The summed E-state index contributed by atoms with van der Waals surface area (Å²) in [6.45, 7) is 1.85. The van der Waals surface area contributed by atoms with Gasteiger partial charge in [0.05, 0.1) is 4.47 Å². The molecule has 0 bridgehead atoms. The number of hydrogen-bond donors (Lipinski definition) is 1. The minimum Gasteiger partial charge on any atom is -0.506 e. The predicted molar refractivity (Wildman–Crippen MR) is 48.2 cm³/mol. The number of phenols is 1. The molecule has 0 unspecified atom stereocenters. The lowest BCUT2D eigenvalue weighted by Crippen LogP contribution is -1.76. The maximum atomic E-state index is 9.31. The third-order valence-electron chi connectivity index (χ3n) is 1.27. The van der Waals surface area contributed by atoms with Crippen LogP contribution >= 0.6 is 31.9 Å². The van der Waals surface area contributed by atoms with E-state index in [1.165, 1.54) is 0 Å². The third-order valence-corrected chi connectivity index (χ3v) is 3.27. The minimum absolute atomic E-state index is 0.300. The molecular formula is C7H6Br2O. The van der Waals surface area contributed by atoms with E-state index in [-0.39, 0.29) is 0 Å². The summed E-state index contributed by atoms with van der Waals surface area (Å²) in [5.41, 5.74) is 0.870. The summed E-state index contributed by atoms with van der Waals surface area (Å²) >= 11 is 6.51. The Bertz CT molecular complexity index is 231. The highest BCUT2D eigenvalue weighted by Gasteiger charge is 2.03. The summed E-state index contributed by atoms with van der Waals surface area (Å²) < 4.78 is 1.59. The Morgan fingerprint density at radius 1 is 1.30 bits per heavy atom. The second-order valence-electron chi connectivity index (χ2n) is 2.03. The summed E-state index contributed by atoms with van der Waals surface area (Å²) in [6, 6.07) is 3.74. The zero-order valence-electron chi connectivity index (χ0n) is 5.36. The number of phenolic OH excluding ortho intramolecular Hbond substituents is 1. The van der Waals surface area contributed by atoms with Gasteiger partial charge < -0.3 is 5.11 Å². The van der Waals surface area contributed by atoms with E-state index in [0.717, 1.165) is 10.0 Å². The van der Waals surface area contributed by atoms with E-state index in [2.05, 4.69) is 31.9 Å². The van der Waals surface area contributed by atoms with E-state index in [1.54, 1.807) is 0 Å². The lowest BCUT2D eigenvalue weighted by molar-refractivity contribution is 0.467. The normalized spacial score (nSPS) is 9.90. The van der Waals surface area contributed by atoms with Gasteiger partial charge >= 0.3 is 0 Å². The fraction of sp³-hybridized carbons (Fsp3) is 0.143. The Morgan fingerprint density at radius 3 is 2.40 bits per heavy atom. The molecule has 0 aromatic heterocycles. The van der Waals surface area contributed by atoms with Gasteiger partial charge in [-0.15, -0.1) is 0 Å². The van der Waals surface area contributed by atoms with Crippen molar-refractivity contribution in [2.45, 2.75) is 6.92 Å². The molecule has 1 aromatic rings. The first-order chi connectivity index (χ1) is 4.63. The largest absolute Gasteiger partial charge is 0.506 e. The predicted octanol–water partition coefficient (Wildman–Crippen LogP) is 3.23. The van der Waals surface area contributed by atoms with Crippen LogP contribution in [0.4, 0.5) is 0 Å². The van der Waals surface area contributed by atoms with Crippen molar-refractivity contribution >= 4 is 31.9 Å². The topological polar surface area (TPSA) is 20.2 Å². The molecule has 54 valence electrons. The van der Waals surface area contributed by atoms with Gasteiger partial charge in [-0.25, -0.2) is 0 Å². The van der Waals surface area contributed by atoms with Crippen LogP contribution in [0.1, 0.15) is 5.56 Å². The van der Waals surface area contributed by atoms with Gasteiger partial charge in [-0.1, -0.05) is 6.07 Å². The maximum Gasteiger partial charge on any atom is 0.133 e. The summed E-state index contributed by atoms with van der Waals surface area (Å²) in [7, 11) is 0. The zero-order valence-corrected chi connectivity index (χ0v) is 8.53. The van der Waals surface area contributed by atoms with Gasteiger partial charge in [0.1, 0.15) is 5.75 Å². The van der Waals surface area contributed by atoms with Gasteiger partial charge in [-0.3, -0.25) is 0 Å². The summed E-state index contributed by atoms with van der Waals surface area (Å²) in [4.78, 5) is 0. The molecular weight excluding hydrogens is 260 g/mol. The molecule has 0 saturated carbocycles. The number of benzene rings is 1. The number of aryl methyl sites for hydroxylation is 1. The molecule has 1 N–H and O–H groups in total. The zero-order chi connectivity index (χ0) is 7.72. The molecule has 1 aromatic carbocycles. The van der Waals surface area contributed by atoms with Crippen molar-refractivity contribution in [3.05, 3.63) is 26.6 Å². The van der Waals surface area contributed by atoms with Crippen LogP contribution in [-0.2, 0) is 0 Å². The molecule has 0 radical (unpaired) electrons. The first-order valence-electron chi connectivity index (χ1n) is 2.76. The van der Waals surface area contributed by atoms with Crippen LogP contribution in [0.3, 0.4) is 0 Å². The number of halogens is 2. The highest BCUT2D eigenvalue weighted by atomic mass is 79.9. The monoisotopic (exact) mass is 264 g/mol. The molecule has 3 heteroatoms. The fourth-order valence-corrected chi connectivity index (χ4v) is 1.40. The number of aromatic hydroxyl groups is 1. The van der Waals surface area contributed by atoms with E-state index in [4.69, 9.17) is 0 Å². The molecule has 0 heterocycles. The van der Waals surface area contributed by atoms with Crippen molar-refractivity contribution < 1.29 is 5.11 Å². The van der Waals surface area contributed by atoms with Gasteiger partial charge in [-0.05, 0) is 50.4 Å². The Balaban J connectivity index is 3.34. The van der Waals surface area contributed by atoms with E-state index in [9.17, 15) is 5.11 Å². The quantitative estimate of drug-likeness (QED) is 0.764. The van der Waals surface area contributed by atoms with Gasteiger partial charge in [0.2, 0.25) is 0 Å². The van der Waals surface area contributed by atoms with Crippen LogP contribution in [-0.4, -0.2) is 5.11 Å². The number of hydrogen-bond acceptors (Lipinski definition) is 1. The van der Waals surface area contributed by atoms with Gasteiger partial charge in [0.15, 0.2) is 0 Å². The van der Waals surface area contributed by atoms with Gasteiger partial charge in [0.25, 0.3) is 0 Å². The lowest BCUT2D eigenvalue weighted by Gasteiger charge is -2.01. The standard InChI is InChI=1S/C7H6Br2O/c1-4-2-3-5(8)6(9)7(4)10/h2-3,10H,1H3. The smallest absolute Gasteiger partial charge is 0.133 e. The minimum atomic E-state index is 0.300. The van der Waals surface area contributed by atoms with Crippen LogP contribution < -0.4 is 0 Å². The molecule has 0 aliphatic heterocycles. The van der Waals surface area contributed by atoms with E-state index < -0.39 is 0 Å². The molecule has 1 rings (SSSR count). The average molecular weight is 266 g/mol. The molecule has 0 spiro atoms. The second-order valence-corrected chi connectivity index (χ2v) is 3.67. The van der Waals surface area contributed by atoms with Crippen molar-refractivity contribution in [3.8, 4) is 5.75 Å². The average Bonchev–Trinajstić information content (AvgIpc) is 1.93. The summed E-state index contributed by atoms with van der Waals surface area (Å²) in [6.07, 6.45) is 0. The Hall–Kier alpha value is -0.0200. The van der Waals surface area contributed by atoms with Crippen molar-refractivity contribution in [3.63, 3.8) is 0 Å². The maximum absolute atomic E-state index is 9.31. The van der Waals surface area contributed by atoms with Crippen molar-refractivity contribution in [2.75, 3.05) is 0 Å². The van der Waals surface area contributed by atoms with Crippen LogP contribution in [0.5, 0.6) is 5.75 Å². The van der Waals surface area contributed by atoms with Crippen LogP contribution in [0.15, 0.2) is 21.1 Å². The van der Waals surface area contributed by atoms with Gasteiger partial charge in [-0.2, -0.15) is 0 Å². The van der Waals surface area contributed by atoms with Crippen LogP contribution in [0, 0.1) is 6.92 Å². The molecule has 0 atom stereocenters. The molecule has 10 heavy (non-hydrogen) atoms. The highest BCUT2D eigenvalue weighted by molar-refractivity contribution is 9.13. The van der Waals surface area contributed by atoms with E-state index >= 15 is 0 Å². The molecule has 0 fully saturated rings. The molecule has 0 aliphatic carbocycles. The highest BCUT2D eigenvalue weighted by Crippen LogP contribution is 2.33. The van der Waals surface area contributed by atoms with E-state index in [0.29, 0.717) is 10.2 Å². The van der Waals surface area contributed by atoms with Crippen molar-refractivity contribution in [1.82, 2.24) is 0 Å². The molecule has 1 nitrogen and oxygen atoms in total. The van der Waals surface area contributed by atoms with Crippen LogP contribution in [0.2, 0.25) is 0 Å². The van der Waals surface area contributed by atoms with Crippen molar-refractivity contribution in [1.29, 1.82) is 0 Å². The molecule has 0 aliphatic rings. The first kappa shape index (κ1) is 8.08. The Kier molecular flexibility index (Phi) is 2.36. The van der Waals surface area contributed by atoms with E-state index in [1.807, 2.05) is 19.1 Å². The Morgan fingerprint density at radius 2 is 1.90 bits per heavy atom. The van der Waals surface area contributed by atoms with Crippen LogP contribution in [0.25, 0.3) is 0 Å². The SMILES string of the molecule is Cc1ccc(Br)c(Br)c1O. The second kappa shape index (κ2) is 2.93. The Labute approximate surface area is 76.3 Å². The fourth-order valence-electron chi connectivity index (χ4n) is 0.636. The van der Waals surface area contributed by atoms with Gasteiger partial charge in [0, 0.05) is 4.47 Å².